The van der Waals surface area contributed by atoms with Crippen LogP contribution in [0.4, 0.5) is 0 Å². The lowest BCUT2D eigenvalue weighted by molar-refractivity contribution is 0.127. The molecule has 0 aromatic heterocycles. The summed E-state index contributed by atoms with van der Waals surface area (Å²) in [6, 6.07) is 0.107. The largest absolute Gasteiger partial charge is 0.377 e. The van der Waals surface area contributed by atoms with Crippen molar-refractivity contribution < 1.29 is 8.95 Å². The molecule has 2 N–H and O–H groups in total. The molecule has 3 nitrogen and oxygen atoms in total. The second kappa shape index (κ2) is 5.81. The summed E-state index contributed by atoms with van der Waals surface area (Å²) in [5.74, 6) is 1.85. The van der Waals surface area contributed by atoms with Crippen molar-refractivity contribution in [2.45, 2.75) is 56.9 Å². The topological polar surface area (TPSA) is 52.3 Å². The maximum Gasteiger partial charge on any atom is 0.0691 e. The van der Waals surface area contributed by atoms with Gasteiger partial charge in [-0.3, -0.25) is 4.21 Å². The van der Waals surface area contributed by atoms with Gasteiger partial charge in [-0.15, -0.1) is 0 Å². The third kappa shape index (κ3) is 3.30. The van der Waals surface area contributed by atoms with Crippen LogP contribution < -0.4 is 5.73 Å². The summed E-state index contributed by atoms with van der Waals surface area (Å²) in [6.45, 7) is 5.29. The standard InChI is InChI=1S/C13H25NO2S/c1-9-6-10(2)13(12(14)7-9)17(15)8-11-4-3-5-16-11/h9-13H,3-8,14H2,1-2H3. The van der Waals surface area contributed by atoms with E-state index in [2.05, 4.69) is 13.8 Å². The molecule has 1 aliphatic carbocycles. The van der Waals surface area contributed by atoms with Crippen LogP contribution in [0.15, 0.2) is 0 Å². The molecule has 6 unspecified atom stereocenters. The lowest BCUT2D eigenvalue weighted by Gasteiger charge is -2.37. The van der Waals surface area contributed by atoms with Crippen LogP contribution in [0.1, 0.15) is 39.5 Å². The Morgan fingerprint density at radius 2 is 2.12 bits per heavy atom. The first-order chi connectivity index (χ1) is 8.08. The molecule has 2 aliphatic rings. The maximum absolute atomic E-state index is 12.4. The summed E-state index contributed by atoms with van der Waals surface area (Å²) >= 11 is 0. The van der Waals surface area contributed by atoms with Crippen molar-refractivity contribution in [1.29, 1.82) is 0 Å². The molecule has 17 heavy (non-hydrogen) atoms. The van der Waals surface area contributed by atoms with Gasteiger partial charge in [0, 0.05) is 23.4 Å². The molecule has 1 saturated heterocycles. The third-order valence-corrected chi connectivity index (χ3v) is 6.23. The first-order valence-electron chi connectivity index (χ1n) is 6.82. The van der Waals surface area contributed by atoms with Crippen molar-refractivity contribution in [2.24, 2.45) is 17.6 Å². The SMILES string of the molecule is CC1CC(C)C(S(=O)CC2CCCO2)C(N)C1. The quantitative estimate of drug-likeness (QED) is 0.839. The van der Waals surface area contributed by atoms with Gasteiger partial charge < -0.3 is 10.5 Å². The molecule has 6 atom stereocenters. The highest BCUT2D eigenvalue weighted by atomic mass is 32.2. The van der Waals surface area contributed by atoms with E-state index in [4.69, 9.17) is 10.5 Å². The fourth-order valence-corrected chi connectivity index (χ4v) is 5.39. The van der Waals surface area contributed by atoms with E-state index in [1.54, 1.807) is 0 Å². The summed E-state index contributed by atoms with van der Waals surface area (Å²) in [6.07, 6.45) is 4.58. The van der Waals surface area contributed by atoms with Gasteiger partial charge in [0.2, 0.25) is 0 Å². The molecular weight excluding hydrogens is 234 g/mol. The highest BCUT2D eigenvalue weighted by Crippen LogP contribution is 2.32. The Bertz CT molecular complexity index is 267. The summed E-state index contributed by atoms with van der Waals surface area (Å²) in [7, 11) is -0.821. The minimum absolute atomic E-state index is 0.107. The van der Waals surface area contributed by atoms with Gasteiger partial charge in [-0.25, -0.2) is 0 Å². The molecule has 0 amide bonds. The van der Waals surface area contributed by atoms with Crippen LogP contribution in [0, 0.1) is 11.8 Å². The summed E-state index contributed by atoms with van der Waals surface area (Å²) in [4.78, 5) is 0. The fourth-order valence-electron chi connectivity index (χ4n) is 3.41. The second-order valence-electron chi connectivity index (χ2n) is 5.86. The van der Waals surface area contributed by atoms with E-state index in [-0.39, 0.29) is 17.4 Å². The average molecular weight is 259 g/mol. The van der Waals surface area contributed by atoms with Gasteiger partial charge in [-0.05, 0) is 37.5 Å². The zero-order valence-electron chi connectivity index (χ0n) is 10.9. The highest BCUT2D eigenvalue weighted by Gasteiger charge is 2.36. The van der Waals surface area contributed by atoms with Gasteiger partial charge >= 0.3 is 0 Å². The molecule has 0 aromatic rings. The van der Waals surface area contributed by atoms with Crippen molar-refractivity contribution in [3.63, 3.8) is 0 Å². The summed E-state index contributed by atoms with van der Waals surface area (Å²) in [5, 5.41) is 0.176. The van der Waals surface area contributed by atoms with Gasteiger partial charge in [-0.1, -0.05) is 13.8 Å². The second-order valence-corrected chi connectivity index (χ2v) is 7.50. The highest BCUT2D eigenvalue weighted by molar-refractivity contribution is 7.85. The van der Waals surface area contributed by atoms with Crippen molar-refractivity contribution in [2.75, 3.05) is 12.4 Å². The molecule has 2 rings (SSSR count). The van der Waals surface area contributed by atoms with E-state index < -0.39 is 10.8 Å². The van der Waals surface area contributed by atoms with Crippen LogP contribution in [0.2, 0.25) is 0 Å². The van der Waals surface area contributed by atoms with Crippen LogP contribution in [0.25, 0.3) is 0 Å². The average Bonchev–Trinajstić information content (AvgIpc) is 2.68. The predicted molar refractivity (Wildman–Crippen MR) is 71.3 cm³/mol. The zero-order valence-corrected chi connectivity index (χ0v) is 11.7. The van der Waals surface area contributed by atoms with E-state index in [0.29, 0.717) is 17.6 Å². The molecule has 100 valence electrons. The number of nitrogens with two attached hydrogens (primary N) is 1. The fraction of sp³-hybridized carbons (Fsp3) is 1.00. The van der Waals surface area contributed by atoms with Crippen molar-refractivity contribution in [3.8, 4) is 0 Å². The van der Waals surface area contributed by atoms with Gasteiger partial charge in [0.15, 0.2) is 0 Å². The Morgan fingerprint density at radius 3 is 2.71 bits per heavy atom. The molecule has 4 heteroatoms. The van der Waals surface area contributed by atoms with Gasteiger partial charge in [0.05, 0.1) is 17.1 Å². The smallest absolute Gasteiger partial charge is 0.0691 e. The van der Waals surface area contributed by atoms with Crippen molar-refractivity contribution >= 4 is 10.8 Å². The Hall–Kier alpha value is 0.0700. The van der Waals surface area contributed by atoms with E-state index >= 15 is 0 Å². The van der Waals surface area contributed by atoms with Gasteiger partial charge in [-0.2, -0.15) is 0 Å². The molecule has 0 bridgehead atoms. The minimum Gasteiger partial charge on any atom is -0.377 e. The van der Waals surface area contributed by atoms with Crippen molar-refractivity contribution in [1.82, 2.24) is 0 Å². The number of hydrogen-bond acceptors (Lipinski definition) is 3. The van der Waals surface area contributed by atoms with E-state index in [1.165, 1.54) is 0 Å². The third-order valence-electron chi connectivity index (χ3n) is 4.11. The molecule has 2 fully saturated rings. The van der Waals surface area contributed by atoms with Crippen LogP contribution in [-0.4, -0.2) is 34.0 Å². The number of rotatable bonds is 3. The molecule has 0 radical (unpaired) electrons. The molecule has 0 aromatic carbocycles. The molecule has 1 heterocycles. The summed E-state index contributed by atoms with van der Waals surface area (Å²) in [5.41, 5.74) is 6.20. The van der Waals surface area contributed by atoms with Crippen LogP contribution in [-0.2, 0) is 15.5 Å². The van der Waals surface area contributed by atoms with Crippen LogP contribution >= 0.6 is 0 Å². The summed E-state index contributed by atoms with van der Waals surface area (Å²) < 4.78 is 18.0. The van der Waals surface area contributed by atoms with Crippen molar-refractivity contribution in [3.05, 3.63) is 0 Å². The predicted octanol–water partition coefficient (Wildman–Crippen LogP) is 1.68. The first-order valence-corrected chi connectivity index (χ1v) is 8.20. The number of hydrogen-bond donors (Lipinski definition) is 1. The van der Waals surface area contributed by atoms with E-state index in [9.17, 15) is 4.21 Å². The maximum atomic E-state index is 12.4. The van der Waals surface area contributed by atoms with E-state index in [1.807, 2.05) is 0 Å². The lowest BCUT2D eigenvalue weighted by Crippen LogP contribution is -2.48. The monoisotopic (exact) mass is 259 g/mol. The van der Waals surface area contributed by atoms with Gasteiger partial charge in [0.1, 0.15) is 0 Å². The normalized spacial score (nSPS) is 44.8. The Kier molecular flexibility index (Phi) is 4.61. The van der Waals surface area contributed by atoms with Gasteiger partial charge in [0.25, 0.3) is 0 Å². The Labute approximate surface area is 107 Å². The Morgan fingerprint density at radius 1 is 1.35 bits per heavy atom. The molecular formula is C13H25NO2S. The van der Waals surface area contributed by atoms with E-state index in [0.717, 1.165) is 32.3 Å². The zero-order chi connectivity index (χ0) is 12.4. The number of ether oxygens (including phenoxy) is 1. The minimum atomic E-state index is -0.821. The molecule has 1 aliphatic heterocycles. The molecule has 0 spiro atoms. The molecule has 1 saturated carbocycles. The lowest BCUT2D eigenvalue weighted by atomic mass is 9.80. The first kappa shape index (κ1) is 13.5. The van der Waals surface area contributed by atoms with Crippen LogP contribution in [0.5, 0.6) is 0 Å². The van der Waals surface area contributed by atoms with Crippen LogP contribution in [0.3, 0.4) is 0 Å². The Balaban J connectivity index is 1.92.